The van der Waals surface area contributed by atoms with Gasteiger partial charge in [0.25, 0.3) is 0 Å². The third-order valence-corrected chi connectivity index (χ3v) is 2.38. The fraction of sp³-hybridized carbons (Fsp3) is 0.375. The van der Waals surface area contributed by atoms with Gasteiger partial charge in [-0.15, -0.1) is 0 Å². The largest absolute Gasteiger partial charge is 0.360 e. The summed E-state index contributed by atoms with van der Waals surface area (Å²) in [4.78, 5) is 4.33. The van der Waals surface area contributed by atoms with E-state index in [-0.39, 0.29) is 0 Å². The zero-order valence-electron chi connectivity index (χ0n) is 7.82. The zero-order valence-corrected chi connectivity index (χ0v) is 8.64. The van der Waals surface area contributed by atoms with Crippen molar-refractivity contribution in [3.63, 3.8) is 0 Å². The highest BCUT2D eigenvalue weighted by atomic mass is 32.1. The smallest absolute Gasteiger partial charge is 0.202 e. The van der Waals surface area contributed by atoms with Gasteiger partial charge in [-0.25, -0.2) is 0 Å². The maximum atomic E-state index is 4.33. The number of H-pyrrole nitrogens is 1. The quantitative estimate of drug-likeness (QED) is 0.805. The molecule has 0 aliphatic rings. The van der Waals surface area contributed by atoms with Gasteiger partial charge in [0, 0.05) is 24.3 Å². The molecule has 0 aliphatic carbocycles. The van der Waals surface area contributed by atoms with Crippen LogP contribution in [-0.2, 0) is 0 Å². The number of nitrogens with one attached hydrogen (secondary N) is 2. The Labute approximate surface area is 85.8 Å². The maximum absolute atomic E-state index is 4.33. The van der Waals surface area contributed by atoms with Crippen molar-refractivity contribution in [1.82, 2.24) is 19.6 Å². The lowest BCUT2D eigenvalue weighted by molar-refractivity contribution is 0.976. The second-order valence-electron chi connectivity index (χ2n) is 2.84. The molecular weight excluding hydrogens is 198 g/mol. The number of hydrogen-bond donors (Lipinski definition) is 2. The van der Waals surface area contributed by atoms with Crippen LogP contribution in [0.2, 0.25) is 0 Å². The highest BCUT2D eigenvalue weighted by Gasteiger charge is 2.06. The molecule has 0 saturated heterocycles. The first kappa shape index (κ1) is 9.14. The number of aromatic nitrogens is 4. The van der Waals surface area contributed by atoms with Crippen molar-refractivity contribution in [3.8, 4) is 11.4 Å². The van der Waals surface area contributed by atoms with Crippen LogP contribution >= 0.6 is 11.5 Å². The van der Waals surface area contributed by atoms with Gasteiger partial charge in [-0.05, 0) is 6.42 Å². The van der Waals surface area contributed by atoms with Crippen molar-refractivity contribution in [3.05, 3.63) is 12.4 Å². The highest BCUT2D eigenvalue weighted by molar-refractivity contribution is 7.09. The fourth-order valence-corrected chi connectivity index (χ4v) is 1.63. The number of hydrogen-bond acceptors (Lipinski definition) is 5. The molecule has 0 atom stereocenters. The van der Waals surface area contributed by atoms with Crippen LogP contribution in [-0.4, -0.2) is 26.1 Å². The number of nitrogens with zero attached hydrogens (tertiary/aromatic N) is 3. The summed E-state index contributed by atoms with van der Waals surface area (Å²) in [5, 5.41) is 10.6. The molecule has 5 nitrogen and oxygen atoms in total. The molecule has 14 heavy (non-hydrogen) atoms. The molecule has 0 saturated carbocycles. The second kappa shape index (κ2) is 4.19. The van der Waals surface area contributed by atoms with E-state index < -0.39 is 0 Å². The van der Waals surface area contributed by atoms with Crippen molar-refractivity contribution in [2.75, 3.05) is 11.9 Å². The van der Waals surface area contributed by atoms with Crippen LogP contribution in [0.5, 0.6) is 0 Å². The van der Waals surface area contributed by atoms with E-state index in [2.05, 4.69) is 31.8 Å². The molecule has 0 bridgehead atoms. The monoisotopic (exact) mass is 209 g/mol. The van der Waals surface area contributed by atoms with Crippen LogP contribution in [0, 0.1) is 0 Å². The summed E-state index contributed by atoms with van der Waals surface area (Å²) in [6, 6.07) is 0. The molecule has 0 unspecified atom stereocenters. The average Bonchev–Trinajstić information content (AvgIpc) is 2.85. The van der Waals surface area contributed by atoms with Gasteiger partial charge >= 0.3 is 0 Å². The Bertz CT molecular complexity index is 380. The van der Waals surface area contributed by atoms with E-state index in [0.29, 0.717) is 0 Å². The first-order chi connectivity index (χ1) is 6.90. The van der Waals surface area contributed by atoms with Crippen LogP contribution in [0.15, 0.2) is 12.4 Å². The summed E-state index contributed by atoms with van der Waals surface area (Å²) in [5.74, 6) is 0.724. The van der Waals surface area contributed by atoms with Crippen LogP contribution in [0.4, 0.5) is 5.13 Å². The molecule has 2 aromatic heterocycles. The summed E-state index contributed by atoms with van der Waals surface area (Å²) in [6.45, 7) is 3.05. The van der Waals surface area contributed by atoms with Crippen molar-refractivity contribution < 1.29 is 0 Å². The first-order valence-corrected chi connectivity index (χ1v) is 5.24. The molecule has 0 fully saturated rings. The minimum absolute atomic E-state index is 0.724. The predicted octanol–water partition coefficient (Wildman–Crippen LogP) is 1.75. The van der Waals surface area contributed by atoms with E-state index in [1.807, 2.05) is 0 Å². The van der Waals surface area contributed by atoms with Gasteiger partial charge in [0.05, 0.1) is 11.8 Å². The predicted molar refractivity (Wildman–Crippen MR) is 56.3 cm³/mol. The average molecular weight is 209 g/mol. The van der Waals surface area contributed by atoms with Crippen LogP contribution in [0.1, 0.15) is 13.3 Å². The van der Waals surface area contributed by atoms with Crippen molar-refractivity contribution in [2.24, 2.45) is 0 Å². The molecular formula is C8H11N5S. The topological polar surface area (TPSA) is 66.5 Å². The minimum Gasteiger partial charge on any atom is -0.360 e. The lowest BCUT2D eigenvalue weighted by Gasteiger charge is -1.95. The second-order valence-corrected chi connectivity index (χ2v) is 3.59. The molecule has 6 heteroatoms. The summed E-state index contributed by atoms with van der Waals surface area (Å²) in [5.41, 5.74) is 0.922. The Hall–Kier alpha value is -1.43. The van der Waals surface area contributed by atoms with Gasteiger partial charge < -0.3 is 5.32 Å². The molecule has 0 radical (unpaired) electrons. The fourth-order valence-electron chi connectivity index (χ4n) is 1.02. The summed E-state index contributed by atoms with van der Waals surface area (Å²) >= 11 is 1.37. The molecule has 2 heterocycles. The van der Waals surface area contributed by atoms with E-state index in [4.69, 9.17) is 0 Å². The lowest BCUT2D eigenvalue weighted by atomic mass is 10.3. The van der Waals surface area contributed by atoms with Gasteiger partial charge in [-0.1, -0.05) is 6.92 Å². The zero-order chi connectivity index (χ0) is 9.80. The van der Waals surface area contributed by atoms with Crippen molar-refractivity contribution in [1.29, 1.82) is 0 Å². The Morgan fingerprint density at radius 2 is 2.50 bits per heavy atom. The molecule has 2 rings (SSSR count). The standard InChI is InChI=1S/C8H11N5S/c1-2-3-9-8-12-7(13-14-8)6-4-10-11-5-6/h4-5H,2-3H2,1H3,(H,10,11)(H,9,12,13). The van der Waals surface area contributed by atoms with Crippen molar-refractivity contribution in [2.45, 2.75) is 13.3 Å². The third kappa shape index (κ3) is 1.90. The molecule has 0 spiro atoms. The Balaban J connectivity index is 2.10. The van der Waals surface area contributed by atoms with Crippen LogP contribution in [0.3, 0.4) is 0 Å². The molecule has 0 amide bonds. The minimum atomic E-state index is 0.724. The van der Waals surface area contributed by atoms with E-state index >= 15 is 0 Å². The summed E-state index contributed by atoms with van der Waals surface area (Å²) in [6.07, 6.45) is 4.58. The SMILES string of the molecule is CCCNc1nc(-c2cn[nH]c2)ns1. The Kier molecular flexibility index (Phi) is 2.73. The van der Waals surface area contributed by atoms with E-state index in [9.17, 15) is 0 Å². The maximum Gasteiger partial charge on any atom is 0.202 e. The molecule has 2 aromatic rings. The van der Waals surface area contributed by atoms with Gasteiger partial charge in [-0.3, -0.25) is 5.10 Å². The van der Waals surface area contributed by atoms with E-state index in [1.165, 1.54) is 11.5 Å². The van der Waals surface area contributed by atoms with Gasteiger partial charge in [0.2, 0.25) is 5.13 Å². The van der Waals surface area contributed by atoms with Gasteiger partial charge in [0.1, 0.15) is 0 Å². The van der Waals surface area contributed by atoms with Crippen molar-refractivity contribution >= 4 is 16.7 Å². The summed E-state index contributed by atoms with van der Waals surface area (Å²) in [7, 11) is 0. The molecule has 74 valence electrons. The van der Waals surface area contributed by atoms with E-state index in [1.54, 1.807) is 12.4 Å². The number of rotatable bonds is 4. The van der Waals surface area contributed by atoms with E-state index in [0.717, 1.165) is 29.5 Å². The summed E-state index contributed by atoms with van der Waals surface area (Å²) < 4.78 is 4.22. The molecule has 0 aliphatic heterocycles. The first-order valence-electron chi connectivity index (χ1n) is 4.47. The lowest BCUT2D eigenvalue weighted by Crippen LogP contribution is -1.98. The third-order valence-electron chi connectivity index (χ3n) is 1.71. The van der Waals surface area contributed by atoms with Crippen LogP contribution < -0.4 is 5.32 Å². The normalized spacial score (nSPS) is 10.4. The molecule has 0 aromatic carbocycles. The number of aromatic amines is 1. The van der Waals surface area contributed by atoms with Gasteiger partial charge in [0.15, 0.2) is 5.82 Å². The molecule has 2 N–H and O–H groups in total. The Morgan fingerprint density at radius 1 is 1.57 bits per heavy atom. The van der Waals surface area contributed by atoms with Gasteiger partial charge in [-0.2, -0.15) is 14.5 Å². The highest BCUT2D eigenvalue weighted by Crippen LogP contribution is 2.19. The number of anilines is 1. The Morgan fingerprint density at radius 3 is 3.21 bits per heavy atom. The van der Waals surface area contributed by atoms with Crippen LogP contribution in [0.25, 0.3) is 11.4 Å².